The number of halogens is 1. The summed E-state index contributed by atoms with van der Waals surface area (Å²) in [5, 5.41) is 11.5. The SMILES string of the molecule is CC[C@H](N)C(=O)Nc1ccc(CCO)cc1.Cl. The lowest BCUT2D eigenvalue weighted by atomic mass is 10.1. The standard InChI is InChI=1S/C12H18N2O2.ClH/c1-2-11(13)12(16)14-10-5-3-9(4-6-10)7-8-15;/h3-6,11,15H,2,7-8,13H2,1H3,(H,14,16);1H/t11-;/m0./s1. The van der Waals surface area contributed by atoms with Gasteiger partial charge in [-0.05, 0) is 30.5 Å². The summed E-state index contributed by atoms with van der Waals surface area (Å²) >= 11 is 0. The van der Waals surface area contributed by atoms with Gasteiger partial charge in [0, 0.05) is 12.3 Å². The van der Waals surface area contributed by atoms with Crippen LogP contribution in [0.1, 0.15) is 18.9 Å². The summed E-state index contributed by atoms with van der Waals surface area (Å²) in [6.07, 6.45) is 1.25. The van der Waals surface area contributed by atoms with Gasteiger partial charge < -0.3 is 16.2 Å². The lowest BCUT2D eigenvalue weighted by molar-refractivity contribution is -0.117. The second kappa shape index (κ2) is 8.06. The van der Waals surface area contributed by atoms with Gasteiger partial charge >= 0.3 is 0 Å². The van der Waals surface area contributed by atoms with Crippen LogP contribution in [0.4, 0.5) is 5.69 Å². The van der Waals surface area contributed by atoms with E-state index >= 15 is 0 Å². The Kier molecular flexibility index (Phi) is 7.54. The average molecular weight is 259 g/mol. The van der Waals surface area contributed by atoms with E-state index in [2.05, 4.69) is 5.32 Å². The number of carbonyl (C=O) groups excluding carboxylic acids is 1. The van der Waals surface area contributed by atoms with Gasteiger partial charge in [0.25, 0.3) is 0 Å². The fraction of sp³-hybridized carbons (Fsp3) is 0.417. The molecule has 4 nitrogen and oxygen atoms in total. The van der Waals surface area contributed by atoms with Crippen LogP contribution < -0.4 is 11.1 Å². The lowest BCUT2D eigenvalue weighted by Gasteiger charge is -2.10. The molecule has 0 saturated heterocycles. The fourth-order valence-corrected chi connectivity index (χ4v) is 1.30. The van der Waals surface area contributed by atoms with Crippen molar-refractivity contribution < 1.29 is 9.90 Å². The van der Waals surface area contributed by atoms with Crippen molar-refractivity contribution in [2.75, 3.05) is 11.9 Å². The molecule has 0 saturated carbocycles. The molecule has 1 aromatic rings. The van der Waals surface area contributed by atoms with E-state index in [1.54, 1.807) is 0 Å². The summed E-state index contributed by atoms with van der Waals surface area (Å²) in [5.41, 5.74) is 7.37. The number of hydrogen-bond donors (Lipinski definition) is 3. The molecule has 0 aliphatic heterocycles. The van der Waals surface area contributed by atoms with Crippen molar-refractivity contribution in [3.8, 4) is 0 Å². The monoisotopic (exact) mass is 258 g/mol. The van der Waals surface area contributed by atoms with Crippen LogP contribution in [0.3, 0.4) is 0 Å². The fourth-order valence-electron chi connectivity index (χ4n) is 1.30. The first-order valence-corrected chi connectivity index (χ1v) is 5.43. The Morgan fingerprint density at radius 3 is 2.47 bits per heavy atom. The van der Waals surface area contributed by atoms with Gasteiger partial charge in [0.2, 0.25) is 5.91 Å². The Bertz CT molecular complexity index is 341. The van der Waals surface area contributed by atoms with Crippen LogP contribution in [-0.4, -0.2) is 23.7 Å². The van der Waals surface area contributed by atoms with Crippen LogP contribution in [0.2, 0.25) is 0 Å². The van der Waals surface area contributed by atoms with Crippen LogP contribution in [0.25, 0.3) is 0 Å². The van der Waals surface area contributed by atoms with Crippen molar-refractivity contribution in [1.29, 1.82) is 0 Å². The molecule has 0 aliphatic carbocycles. The molecule has 0 spiro atoms. The zero-order valence-electron chi connectivity index (χ0n) is 9.85. The van der Waals surface area contributed by atoms with E-state index in [0.29, 0.717) is 12.8 Å². The van der Waals surface area contributed by atoms with E-state index in [-0.39, 0.29) is 24.9 Å². The molecule has 5 heteroatoms. The lowest BCUT2D eigenvalue weighted by Crippen LogP contribution is -2.34. The number of amides is 1. The summed E-state index contributed by atoms with van der Waals surface area (Å²) in [4.78, 5) is 11.5. The number of aliphatic hydroxyl groups is 1. The highest BCUT2D eigenvalue weighted by Gasteiger charge is 2.10. The highest BCUT2D eigenvalue weighted by atomic mass is 35.5. The Balaban J connectivity index is 0.00000256. The van der Waals surface area contributed by atoms with E-state index < -0.39 is 6.04 Å². The zero-order chi connectivity index (χ0) is 12.0. The number of benzene rings is 1. The first kappa shape index (κ1) is 15.9. The quantitative estimate of drug-likeness (QED) is 0.746. The van der Waals surface area contributed by atoms with Crippen molar-refractivity contribution in [3.05, 3.63) is 29.8 Å². The van der Waals surface area contributed by atoms with Crippen LogP contribution >= 0.6 is 12.4 Å². The third kappa shape index (κ3) is 5.17. The van der Waals surface area contributed by atoms with Crippen molar-refractivity contribution in [3.63, 3.8) is 0 Å². The molecule has 0 bridgehead atoms. The summed E-state index contributed by atoms with van der Waals surface area (Å²) in [7, 11) is 0. The molecule has 1 amide bonds. The molecule has 17 heavy (non-hydrogen) atoms. The van der Waals surface area contributed by atoms with Gasteiger partial charge in [-0.25, -0.2) is 0 Å². The maximum Gasteiger partial charge on any atom is 0.241 e. The van der Waals surface area contributed by atoms with Gasteiger partial charge in [-0.15, -0.1) is 12.4 Å². The molecule has 96 valence electrons. The third-order valence-corrected chi connectivity index (χ3v) is 2.40. The van der Waals surface area contributed by atoms with Crippen LogP contribution in [0, 0.1) is 0 Å². The van der Waals surface area contributed by atoms with E-state index in [9.17, 15) is 4.79 Å². The van der Waals surface area contributed by atoms with E-state index in [4.69, 9.17) is 10.8 Å². The number of nitrogens with two attached hydrogens (primary N) is 1. The van der Waals surface area contributed by atoms with Crippen LogP contribution in [-0.2, 0) is 11.2 Å². The molecule has 0 unspecified atom stereocenters. The van der Waals surface area contributed by atoms with Crippen LogP contribution in [0.5, 0.6) is 0 Å². The Hall–Kier alpha value is -1.10. The van der Waals surface area contributed by atoms with Crippen molar-refractivity contribution in [1.82, 2.24) is 0 Å². The van der Waals surface area contributed by atoms with Gasteiger partial charge in [-0.1, -0.05) is 19.1 Å². The molecule has 1 rings (SSSR count). The molecule has 4 N–H and O–H groups in total. The second-order valence-electron chi connectivity index (χ2n) is 3.67. The maximum absolute atomic E-state index is 11.5. The topological polar surface area (TPSA) is 75.4 Å². The van der Waals surface area contributed by atoms with Crippen molar-refractivity contribution in [2.24, 2.45) is 5.73 Å². The van der Waals surface area contributed by atoms with E-state index in [1.807, 2.05) is 31.2 Å². The first-order valence-electron chi connectivity index (χ1n) is 5.43. The number of carbonyl (C=O) groups is 1. The summed E-state index contributed by atoms with van der Waals surface area (Å²) in [5.74, 6) is -0.169. The second-order valence-corrected chi connectivity index (χ2v) is 3.67. The Labute approximate surface area is 108 Å². The van der Waals surface area contributed by atoms with Gasteiger partial charge in [-0.2, -0.15) is 0 Å². The Morgan fingerprint density at radius 2 is 2.00 bits per heavy atom. The van der Waals surface area contributed by atoms with Crippen LogP contribution in [0.15, 0.2) is 24.3 Å². The highest BCUT2D eigenvalue weighted by Crippen LogP contribution is 2.10. The summed E-state index contributed by atoms with van der Waals surface area (Å²) < 4.78 is 0. The van der Waals surface area contributed by atoms with Crippen molar-refractivity contribution >= 4 is 24.0 Å². The zero-order valence-corrected chi connectivity index (χ0v) is 10.7. The molecular weight excluding hydrogens is 240 g/mol. The third-order valence-electron chi connectivity index (χ3n) is 2.40. The summed E-state index contributed by atoms with van der Waals surface area (Å²) in [6.45, 7) is 2.00. The Morgan fingerprint density at radius 1 is 1.41 bits per heavy atom. The van der Waals surface area contributed by atoms with Gasteiger partial charge in [-0.3, -0.25) is 4.79 Å². The smallest absolute Gasteiger partial charge is 0.241 e. The molecule has 0 heterocycles. The van der Waals surface area contributed by atoms with E-state index in [1.165, 1.54) is 0 Å². The maximum atomic E-state index is 11.5. The molecular formula is C12H19ClN2O2. The largest absolute Gasteiger partial charge is 0.396 e. The predicted molar refractivity (Wildman–Crippen MR) is 71.4 cm³/mol. The molecule has 1 atom stereocenters. The van der Waals surface area contributed by atoms with E-state index in [0.717, 1.165) is 11.3 Å². The van der Waals surface area contributed by atoms with Gasteiger partial charge in [0.05, 0.1) is 6.04 Å². The molecule has 0 aliphatic rings. The molecule has 0 fully saturated rings. The number of anilines is 1. The number of nitrogens with one attached hydrogen (secondary N) is 1. The van der Waals surface area contributed by atoms with Gasteiger partial charge in [0.15, 0.2) is 0 Å². The number of aliphatic hydroxyl groups excluding tert-OH is 1. The highest BCUT2D eigenvalue weighted by molar-refractivity contribution is 5.94. The normalized spacial score (nSPS) is 11.5. The van der Waals surface area contributed by atoms with Crippen molar-refractivity contribution in [2.45, 2.75) is 25.8 Å². The number of hydrogen-bond acceptors (Lipinski definition) is 3. The first-order chi connectivity index (χ1) is 7.67. The minimum atomic E-state index is -0.461. The average Bonchev–Trinajstić information content (AvgIpc) is 2.31. The minimum Gasteiger partial charge on any atom is -0.396 e. The molecule has 1 aromatic carbocycles. The minimum absolute atomic E-state index is 0. The predicted octanol–water partition coefficient (Wildman–Crippen LogP) is 1.32. The summed E-state index contributed by atoms with van der Waals surface area (Å²) in [6, 6.07) is 6.92. The molecule has 0 radical (unpaired) electrons. The van der Waals surface area contributed by atoms with Gasteiger partial charge in [0.1, 0.15) is 0 Å². The number of rotatable bonds is 5. The molecule has 0 aromatic heterocycles.